The zero-order valence-electron chi connectivity index (χ0n) is 15.8. The van der Waals surface area contributed by atoms with Gasteiger partial charge in [-0.15, -0.1) is 5.73 Å². The summed E-state index contributed by atoms with van der Waals surface area (Å²) in [6.07, 6.45) is 5.73. The smallest absolute Gasteiger partial charge is 0.322 e. The number of carboxylic acid groups (broad SMARTS) is 1. The number of sulfonamides is 1. The van der Waals surface area contributed by atoms with E-state index in [-0.39, 0.29) is 4.90 Å². The van der Waals surface area contributed by atoms with Gasteiger partial charge in [0.2, 0.25) is 10.0 Å². The maximum atomic E-state index is 12.7. The minimum absolute atomic E-state index is 0.0412. The van der Waals surface area contributed by atoms with E-state index in [1.165, 1.54) is 12.1 Å². The fourth-order valence-electron chi connectivity index (χ4n) is 3.31. The second-order valence-corrected chi connectivity index (χ2v) is 8.95. The van der Waals surface area contributed by atoms with Crippen LogP contribution in [0, 0.1) is 5.92 Å². The van der Waals surface area contributed by atoms with E-state index >= 15 is 0 Å². The molecule has 3 aromatic rings. The molecule has 1 heterocycles. The highest BCUT2D eigenvalue weighted by Crippen LogP contribution is 2.33. The van der Waals surface area contributed by atoms with Gasteiger partial charge in [-0.2, -0.15) is 4.72 Å². The zero-order chi connectivity index (χ0) is 20.8. The van der Waals surface area contributed by atoms with Gasteiger partial charge in [-0.25, -0.2) is 8.42 Å². The van der Waals surface area contributed by atoms with Crippen LogP contribution in [0.1, 0.15) is 19.4 Å². The minimum Gasteiger partial charge on any atom is -0.480 e. The van der Waals surface area contributed by atoms with Gasteiger partial charge in [0.25, 0.3) is 0 Å². The molecule has 2 aromatic carbocycles. The highest BCUT2D eigenvalue weighted by Gasteiger charge is 2.28. The van der Waals surface area contributed by atoms with Gasteiger partial charge in [0.15, 0.2) is 0 Å². The van der Waals surface area contributed by atoms with E-state index < -0.39 is 28.0 Å². The molecule has 0 radical (unpaired) electrons. The first-order valence-electron chi connectivity index (χ1n) is 9.11. The second kappa shape index (κ2) is 7.04. The van der Waals surface area contributed by atoms with E-state index in [1.807, 2.05) is 36.4 Å². The third-order valence-corrected chi connectivity index (χ3v) is 6.32. The number of aliphatic carboxylic acids is 1. The van der Waals surface area contributed by atoms with E-state index in [1.54, 1.807) is 19.9 Å². The molecule has 0 aliphatic heterocycles. The summed E-state index contributed by atoms with van der Waals surface area (Å²) < 4.78 is 33.5. The Hall–Kier alpha value is -3.12. The van der Waals surface area contributed by atoms with Gasteiger partial charge in [-0.1, -0.05) is 26.0 Å². The van der Waals surface area contributed by atoms with E-state index in [9.17, 15) is 18.3 Å². The molecule has 4 rings (SSSR count). The Kier molecular flexibility index (Phi) is 4.67. The van der Waals surface area contributed by atoms with Crippen molar-refractivity contribution in [2.75, 3.05) is 0 Å². The van der Waals surface area contributed by atoms with Crippen molar-refractivity contribution in [2.45, 2.75) is 24.8 Å². The standard InChI is InChI=1S/C22H19NO5S/c1-13(2)21(22(24)25)23-29(26,27)16-8-9-17-18-11-15(14-5-3-4-6-14)7-10-19(18)28-20(17)12-16/h3-5,7-13,21,23H,1-2H3,(H,24,25)/t21-/m0/s1. The highest BCUT2D eigenvalue weighted by molar-refractivity contribution is 7.89. The van der Waals surface area contributed by atoms with Crippen molar-refractivity contribution in [1.29, 1.82) is 0 Å². The van der Waals surface area contributed by atoms with Gasteiger partial charge < -0.3 is 9.52 Å². The normalized spacial score (nSPS) is 14.8. The van der Waals surface area contributed by atoms with Gasteiger partial charge in [0.05, 0.1) is 4.90 Å². The quantitative estimate of drug-likeness (QED) is 0.598. The number of hydrogen-bond acceptors (Lipinski definition) is 4. The molecule has 0 unspecified atom stereocenters. The van der Waals surface area contributed by atoms with Crippen LogP contribution in [0.5, 0.6) is 0 Å². The Labute approximate surface area is 167 Å². The Morgan fingerprint density at radius 2 is 1.90 bits per heavy atom. The molecule has 7 heteroatoms. The van der Waals surface area contributed by atoms with Gasteiger partial charge in [0, 0.05) is 22.4 Å². The predicted molar refractivity (Wildman–Crippen MR) is 111 cm³/mol. The molecule has 1 aliphatic carbocycles. The van der Waals surface area contributed by atoms with Crippen LogP contribution >= 0.6 is 0 Å². The number of hydrogen-bond donors (Lipinski definition) is 2. The van der Waals surface area contributed by atoms with Crippen molar-refractivity contribution < 1.29 is 22.7 Å². The summed E-state index contributed by atoms with van der Waals surface area (Å²) in [7, 11) is -4.02. The Morgan fingerprint density at radius 1 is 1.10 bits per heavy atom. The molecule has 6 nitrogen and oxygen atoms in total. The maximum Gasteiger partial charge on any atom is 0.322 e. The van der Waals surface area contributed by atoms with Gasteiger partial charge >= 0.3 is 5.97 Å². The largest absolute Gasteiger partial charge is 0.480 e. The SMILES string of the molecule is CC(C)[C@H](NS(=O)(=O)c1ccc2c(c1)oc1ccc(C3=C=CC=C3)cc12)C(=O)O. The zero-order valence-corrected chi connectivity index (χ0v) is 16.7. The summed E-state index contributed by atoms with van der Waals surface area (Å²) in [6, 6.07) is 9.10. The summed E-state index contributed by atoms with van der Waals surface area (Å²) in [5.74, 6) is -1.62. The topological polar surface area (TPSA) is 96.6 Å². The van der Waals surface area contributed by atoms with Crippen molar-refractivity contribution in [3.63, 3.8) is 0 Å². The lowest BCUT2D eigenvalue weighted by molar-refractivity contribution is -0.140. The summed E-state index contributed by atoms with van der Waals surface area (Å²) in [4.78, 5) is 11.3. The Bertz CT molecular complexity index is 1340. The van der Waals surface area contributed by atoms with Crippen LogP contribution in [0.25, 0.3) is 27.5 Å². The van der Waals surface area contributed by atoms with Crippen LogP contribution in [0.4, 0.5) is 0 Å². The first-order valence-corrected chi connectivity index (χ1v) is 10.6. The molecule has 2 N–H and O–H groups in total. The molecular weight excluding hydrogens is 390 g/mol. The molecule has 148 valence electrons. The average molecular weight is 409 g/mol. The molecule has 0 saturated heterocycles. The van der Waals surface area contributed by atoms with Gasteiger partial charge in [0.1, 0.15) is 17.2 Å². The van der Waals surface area contributed by atoms with E-state index in [0.717, 1.165) is 21.9 Å². The lowest BCUT2D eigenvalue weighted by atomic mass is 10.0. The first kappa shape index (κ1) is 19.2. The molecule has 1 aromatic heterocycles. The summed E-state index contributed by atoms with van der Waals surface area (Å²) >= 11 is 0. The lowest BCUT2D eigenvalue weighted by Gasteiger charge is -2.17. The molecule has 0 saturated carbocycles. The summed E-state index contributed by atoms with van der Waals surface area (Å²) in [6.45, 7) is 3.29. The van der Waals surface area contributed by atoms with Gasteiger partial charge in [-0.05, 0) is 47.9 Å². The van der Waals surface area contributed by atoms with E-state index in [0.29, 0.717) is 11.2 Å². The van der Waals surface area contributed by atoms with Crippen molar-refractivity contribution in [2.24, 2.45) is 5.92 Å². The first-order chi connectivity index (χ1) is 13.8. The molecule has 1 atom stereocenters. The number of allylic oxidation sites excluding steroid dienone is 3. The molecular formula is C22H19NO5S. The van der Waals surface area contributed by atoms with Crippen LogP contribution in [-0.4, -0.2) is 25.5 Å². The number of fused-ring (bicyclic) bond motifs is 3. The van der Waals surface area contributed by atoms with Crippen LogP contribution in [0.2, 0.25) is 0 Å². The van der Waals surface area contributed by atoms with Crippen molar-refractivity contribution in [1.82, 2.24) is 4.72 Å². The molecule has 0 spiro atoms. The minimum atomic E-state index is -4.02. The fourth-order valence-corrected chi connectivity index (χ4v) is 4.66. The van der Waals surface area contributed by atoms with Crippen molar-refractivity contribution in [3.05, 3.63) is 65.9 Å². The maximum absolute atomic E-state index is 12.7. The fraction of sp³-hybridized carbons (Fsp3) is 0.182. The second-order valence-electron chi connectivity index (χ2n) is 7.24. The predicted octanol–water partition coefficient (Wildman–Crippen LogP) is 4.08. The van der Waals surface area contributed by atoms with Crippen molar-refractivity contribution in [3.8, 4) is 0 Å². The van der Waals surface area contributed by atoms with Crippen LogP contribution in [0.3, 0.4) is 0 Å². The molecule has 29 heavy (non-hydrogen) atoms. The average Bonchev–Trinajstić information content (AvgIpc) is 3.32. The number of carbonyl (C=O) groups is 1. The number of benzene rings is 2. The van der Waals surface area contributed by atoms with Crippen molar-refractivity contribution >= 4 is 43.5 Å². The molecule has 0 amide bonds. The third-order valence-electron chi connectivity index (χ3n) is 4.88. The number of nitrogens with one attached hydrogen (secondary N) is 1. The molecule has 0 fully saturated rings. The summed E-state index contributed by atoms with van der Waals surface area (Å²) in [5, 5.41) is 10.9. The van der Waals surface area contributed by atoms with E-state index in [4.69, 9.17) is 4.42 Å². The van der Waals surface area contributed by atoms with Gasteiger partial charge in [-0.3, -0.25) is 4.79 Å². The summed E-state index contributed by atoms with van der Waals surface area (Å²) in [5.41, 5.74) is 6.18. The molecule has 1 aliphatic rings. The van der Waals surface area contributed by atoms with E-state index in [2.05, 4.69) is 10.5 Å². The monoisotopic (exact) mass is 409 g/mol. The van der Waals surface area contributed by atoms with Crippen LogP contribution in [-0.2, 0) is 14.8 Å². The highest BCUT2D eigenvalue weighted by atomic mass is 32.2. The number of carboxylic acids is 1. The van der Waals surface area contributed by atoms with Crippen LogP contribution < -0.4 is 4.72 Å². The molecule has 0 bridgehead atoms. The van der Waals surface area contributed by atoms with Crippen LogP contribution in [0.15, 0.2) is 69.7 Å². The Balaban J connectivity index is 1.76. The number of furan rings is 1. The lowest BCUT2D eigenvalue weighted by Crippen LogP contribution is -2.44. The Morgan fingerprint density at radius 3 is 2.55 bits per heavy atom. The third kappa shape index (κ3) is 3.51. The number of rotatable bonds is 6.